The summed E-state index contributed by atoms with van der Waals surface area (Å²) in [6.45, 7) is 0. The van der Waals surface area contributed by atoms with Crippen molar-refractivity contribution in [2.45, 2.75) is 0 Å². The van der Waals surface area contributed by atoms with Crippen LogP contribution in [0.25, 0.3) is 76.8 Å². The Morgan fingerprint density at radius 3 is 1.51 bits per heavy atom. The molecule has 0 aromatic heterocycles. The lowest BCUT2D eigenvalue weighted by atomic mass is 9.83. The standard InChI is InChI=1S/C54H37N/c1-5-17-38(18-6-1)41-29-30-43-36-46(32-31-42(43)35-41)55(45-24-11-4-12-25-45)52-34-33-50(51-37-44-23-13-14-26-47(44)48-27-15-16-28-49(48)51)53(39-19-7-2-8-20-39)54(52)40-21-9-3-10-22-40/h1-37H. The Labute approximate surface area is 322 Å². The van der Waals surface area contributed by atoms with Gasteiger partial charge >= 0.3 is 0 Å². The van der Waals surface area contributed by atoms with Gasteiger partial charge in [0.2, 0.25) is 0 Å². The minimum atomic E-state index is 1.10. The van der Waals surface area contributed by atoms with Crippen molar-refractivity contribution in [3.05, 3.63) is 224 Å². The van der Waals surface area contributed by atoms with Crippen molar-refractivity contribution in [1.82, 2.24) is 0 Å². The van der Waals surface area contributed by atoms with E-state index >= 15 is 0 Å². The molecule has 0 aliphatic carbocycles. The molecule has 0 spiro atoms. The third-order valence-electron chi connectivity index (χ3n) is 10.8. The largest absolute Gasteiger partial charge is 0.310 e. The Morgan fingerprint density at radius 1 is 0.255 bits per heavy atom. The molecular weight excluding hydrogens is 663 g/mol. The average Bonchev–Trinajstić information content (AvgIpc) is 3.27. The van der Waals surface area contributed by atoms with Crippen molar-refractivity contribution >= 4 is 49.4 Å². The summed E-state index contributed by atoms with van der Waals surface area (Å²) in [7, 11) is 0. The second-order valence-corrected chi connectivity index (χ2v) is 14.1. The molecule has 0 aliphatic rings. The zero-order valence-electron chi connectivity index (χ0n) is 30.3. The van der Waals surface area contributed by atoms with E-state index in [1.165, 1.54) is 71.3 Å². The van der Waals surface area contributed by atoms with Crippen LogP contribution in [0.2, 0.25) is 0 Å². The second kappa shape index (κ2) is 14.0. The first kappa shape index (κ1) is 32.4. The molecule has 10 aromatic carbocycles. The maximum atomic E-state index is 2.43. The molecule has 258 valence electrons. The molecule has 0 radical (unpaired) electrons. The van der Waals surface area contributed by atoms with Gasteiger partial charge in [-0.05, 0) is 114 Å². The lowest BCUT2D eigenvalue weighted by molar-refractivity contribution is 1.29. The summed E-state index contributed by atoms with van der Waals surface area (Å²) in [5.41, 5.74) is 12.9. The summed E-state index contributed by atoms with van der Waals surface area (Å²) < 4.78 is 0. The fourth-order valence-electron chi connectivity index (χ4n) is 8.27. The predicted octanol–water partition coefficient (Wildman–Crippen LogP) is 15.3. The molecule has 0 amide bonds. The van der Waals surface area contributed by atoms with Crippen molar-refractivity contribution in [2.24, 2.45) is 0 Å². The lowest BCUT2D eigenvalue weighted by Crippen LogP contribution is -2.12. The van der Waals surface area contributed by atoms with Gasteiger partial charge in [-0.1, -0.05) is 182 Å². The molecule has 0 saturated carbocycles. The van der Waals surface area contributed by atoms with E-state index in [0.717, 1.165) is 22.6 Å². The molecule has 0 atom stereocenters. The topological polar surface area (TPSA) is 3.24 Å². The molecule has 10 aromatic rings. The molecule has 1 nitrogen and oxygen atoms in total. The molecule has 10 rings (SSSR count). The summed E-state index contributed by atoms with van der Waals surface area (Å²) in [5, 5.41) is 7.42. The quantitative estimate of drug-likeness (QED) is 0.150. The number of nitrogens with zero attached hydrogens (tertiary/aromatic N) is 1. The smallest absolute Gasteiger partial charge is 0.0546 e. The SMILES string of the molecule is c1ccc(-c2ccc3cc(N(c4ccccc4)c4ccc(-c5cc6ccccc6c6ccccc56)c(-c5ccccc5)c4-c4ccccc4)ccc3c2)cc1. The van der Waals surface area contributed by atoms with Crippen LogP contribution in [0.5, 0.6) is 0 Å². The monoisotopic (exact) mass is 699 g/mol. The molecule has 0 N–H and O–H groups in total. The van der Waals surface area contributed by atoms with E-state index in [1.807, 2.05) is 0 Å². The van der Waals surface area contributed by atoms with E-state index in [1.54, 1.807) is 0 Å². The molecule has 1 heteroatoms. The summed E-state index contributed by atoms with van der Waals surface area (Å²) in [5.74, 6) is 0. The Balaban J connectivity index is 1.27. The Morgan fingerprint density at radius 2 is 0.800 bits per heavy atom. The number of fused-ring (bicyclic) bond motifs is 4. The lowest BCUT2D eigenvalue weighted by Gasteiger charge is -2.31. The predicted molar refractivity (Wildman–Crippen MR) is 235 cm³/mol. The third kappa shape index (κ3) is 5.93. The maximum absolute atomic E-state index is 2.43. The van der Waals surface area contributed by atoms with Crippen molar-refractivity contribution in [3.63, 3.8) is 0 Å². The van der Waals surface area contributed by atoms with Gasteiger partial charge in [-0.3, -0.25) is 0 Å². The van der Waals surface area contributed by atoms with Crippen LogP contribution in [-0.2, 0) is 0 Å². The van der Waals surface area contributed by atoms with E-state index in [-0.39, 0.29) is 0 Å². The van der Waals surface area contributed by atoms with E-state index in [2.05, 4.69) is 229 Å². The first-order chi connectivity index (χ1) is 27.3. The van der Waals surface area contributed by atoms with Gasteiger partial charge in [0.15, 0.2) is 0 Å². The highest BCUT2D eigenvalue weighted by Crippen LogP contribution is 2.50. The highest BCUT2D eigenvalue weighted by Gasteiger charge is 2.25. The van der Waals surface area contributed by atoms with Crippen LogP contribution in [0.1, 0.15) is 0 Å². The molecule has 0 unspecified atom stereocenters. The highest BCUT2D eigenvalue weighted by molar-refractivity contribution is 6.16. The van der Waals surface area contributed by atoms with E-state index in [0.29, 0.717) is 0 Å². The first-order valence-corrected chi connectivity index (χ1v) is 18.9. The fourth-order valence-corrected chi connectivity index (χ4v) is 8.27. The van der Waals surface area contributed by atoms with Crippen molar-refractivity contribution in [2.75, 3.05) is 4.90 Å². The van der Waals surface area contributed by atoms with E-state index in [4.69, 9.17) is 0 Å². The summed E-state index contributed by atoms with van der Waals surface area (Å²) >= 11 is 0. The molecular formula is C54H37N. The molecule has 0 saturated heterocycles. The fraction of sp³-hybridized carbons (Fsp3) is 0. The van der Waals surface area contributed by atoms with Gasteiger partial charge in [0, 0.05) is 16.9 Å². The van der Waals surface area contributed by atoms with Crippen molar-refractivity contribution in [1.29, 1.82) is 0 Å². The average molecular weight is 700 g/mol. The van der Waals surface area contributed by atoms with Gasteiger partial charge < -0.3 is 4.90 Å². The van der Waals surface area contributed by atoms with Gasteiger partial charge in [-0.2, -0.15) is 0 Å². The molecule has 55 heavy (non-hydrogen) atoms. The van der Waals surface area contributed by atoms with Gasteiger partial charge in [-0.15, -0.1) is 0 Å². The number of para-hydroxylation sites is 1. The Bertz CT molecular complexity index is 2950. The zero-order valence-corrected chi connectivity index (χ0v) is 30.3. The minimum Gasteiger partial charge on any atom is -0.310 e. The van der Waals surface area contributed by atoms with Crippen molar-refractivity contribution in [3.8, 4) is 44.5 Å². The zero-order chi connectivity index (χ0) is 36.6. The van der Waals surface area contributed by atoms with Gasteiger partial charge in [0.1, 0.15) is 0 Å². The van der Waals surface area contributed by atoms with Crippen LogP contribution in [0.4, 0.5) is 17.1 Å². The number of anilines is 3. The number of rotatable bonds is 7. The number of hydrogen-bond donors (Lipinski definition) is 0. The normalized spacial score (nSPS) is 11.3. The third-order valence-corrected chi connectivity index (χ3v) is 10.8. The van der Waals surface area contributed by atoms with Gasteiger partial charge in [0.05, 0.1) is 5.69 Å². The van der Waals surface area contributed by atoms with Crippen LogP contribution < -0.4 is 4.90 Å². The first-order valence-electron chi connectivity index (χ1n) is 18.9. The molecule has 0 aliphatic heterocycles. The van der Waals surface area contributed by atoms with Crippen LogP contribution in [-0.4, -0.2) is 0 Å². The van der Waals surface area contributed by atoms with Crippen LogP contribution in [0, 0.1) is 0 Å². The van der Waals surface area contributed by atoms with Crippen LogP contribution >= 0.6 is 0 Å². The van der Waals surface area contributed by atoms with E-state index in [9.17, 15) is 0 Å². The van der Waals surface area contributed by atoms with Gasteiger partial charge in [-0.25, -0.2) is 0 Å². The summed E-state index contributed by atoms with van der Waals surface area (Å²) in [6.07, 6.45) is 0. The Kier molecular flexibility index (Phi) is 8.24. The van der Waals surface area contributed by atoms with Gasteiger partial charge in [0.25, 0.3) is 0 Å². The molecule has 0 fully saturated rings. The number of hydrogen-bond acceptors (Lipinski definition) is 1. The summed E-state index contributed by atoms with van der Waals surface area (Å²) in [4.78, 5) is 2.43. The Hall–Kier alpha value is -7.22. The van der Waals surface area contributed by atoms with Crippen LogP contribution in [0.15, 0.2) is 224 Å². The van der Waals surface area contributed by atoms with E-state index < -0.39 is 0 Å². The molecule has 0 heterocycles. The minimum absolute atomic E-state index is 1.10. The highest BCUT2D eigenvalue weighted by atomic mass is 15.1. The summed E-state index contributed by atoms with van der Waals surface area (Å²) in [6, 6.07) is 81.6. The number of benzene rings is 10. The molecule has 0 bridgehead atoms. The van der Waals surface area contributed by atoms with Crippen molar-refractivity contribution < 1.29 is 0 Å². The second-order valence-electron chi connectivity index (χ2n) is 14.1. The maximum Gasteiger partial charge on any atom is 0.0546 e. The van der Waals surface area contributed by atoms with Crippen LogP contribution in [0.3, 0.4) is 0 Å².